The molecule has 2 rings (SSSR count). The van der Waals surface area contributed by atoms with Crippen molar-refractivity contribution in [1.82, 2.24) is 9.97 Å². The van der Waals surface area contributed by atoms with Gasteiger partial charge in [-0.25, -0.2) is 4.98 Å². The zero-order valence-electron chi connectivity index (χ0n) is 12.2. The molecule has 0 aliphatic carbocycles. The van der Waals surface area contributed by atoms with E-state index in [1.807, 2.05) is 13.8 Å². The lowest BCUT2D eigenvalue weighted by molar-refractivity contribution is -0.113. The first-order valence-electron chi connectivity index (χ1n) is 6.73. The van der Waals surface area contributed by atoms with Crippen LogP contribution in [0.4, 0.5) is 5.69 Å². The molecule has 0 fully saturated rings. The molecule has 7 heteroatoms. The van der Waals surface area contributed by atoms with Gasteiger partial charge >= 0.3 is 0 Å². The number of rotatable bonds is 5. The highest BCUT2D eigenvalue weighted by Gasteiger charge is 2.08. The number of aromatic nitrogens is 2. The Morgan fingerprint density at radius 1 is 1.36 bits per heavy atom. The van der Waals surface area contributed by atoms with Crippen LogP contribution in [-0.2, 0) is 4.79 Å². The van der Waals surface area contributed by atoms with Gasteiger partial charge in [-0.15, -0.1) is 0 Å². The van der Waals surface area contributed by atoms with Crippen LogP contribution in [0.15, 0.2) is 40.3 Å². The van der Waals surface area contributed by atoms with E-state index in [-0.39, 0.29) is 23.1 Å². The lowest BCUT2D eigenvalue weighted by Gasteiger charge is -2.07. The Kier molecular flexibility index (Phi) is 5.63. The zero-order valence-corrected chi connectivity index (χ0v) is 13.8. The number of carbonyl (C=O) groups is 1. The van der Waals surface area contributed by atoms with E-state index in [2.05, 4.69) is 15.3 Å². The Balaban J connectivity index is 1.96. The summed E-state index contributed by atoms with van der Waals surface area (Å²) in [5, 5.41) is 3.81. The third-order valence-electron chi connectivity index (χ3n) is 2.80. The average molecular weight is 338 g/mol. The lowest BCUT2D eigenvalue weighted by Crippen LogP contribution is -2.16. The zero-order chi connectivity index (χ0) is 16.1. The molecule has 1 heterocycles. The molecule has 0 bridgehead atoms. The van der Waals surface area contributed by atoms with Crippen molar-refractivity contribution in [3.63, 3.8) is 0 Å². The minimum Gasteiger partial charge on any atom is -0.325 e. The number of aromatic amines is 1. The summed E-state index contributed by atoms with van der Waals surface area (Å²) in [4.78, 5) is 30.4. The van der Waals surface area contributed by atoms with Crippen LogP contribution in [0, 0.1) is 0 Å². The molecule has 0 saturated carbocycles. The molecule has 0 unspecified atom stereocenters. The van der Waals surface area contributed by atoms with E-state index in [4.69, 9.17) is 11.6 Å². The van der Waals surface area contributed by atoms with E-state index in [0.29, 0.717) is 21.6 Å². The van der Waals surface area contributed by atoms with E-state index in [9.17, 15) is 9.59 Å². The quantitative estimate of drug-likeness (QED) is 0.648. The molecule has 1 amide bonds. The number of hydrogen-bond acceptors (Lipinski definition) is 4. The van der Waals surface area contributed by atoms with Crippen LogP contribution in [0.3, 0.4) is 0 Å². The van der Waals surface area contributed by atoms with Crippen LogP contribution in [0.25, 0.3) is 0 Å². The van der Waals surface area contributed by atoms with Crippen molar-refractivity contribution in [2.45, 2.75) is 24.9 Å². The molecule has 1 aromatic carbocycles. The number of H-pyrrole nitrogens is 1. The lowest BCUT2D eigenvalue weighted by atomic mass is 10.1. The minimum absolute atomic E-state index is 0.157. The largest absolute Gasteiger partial charge is 0.325 e. The maximum absolute atomic E-state index is 11.9. The maximum atomic E-state index is 11.9. The molecule has 0 spiro atoms. The first kappa shape index (κ1) is 16.6. The molecule has 116 valence electrons. The van der Waals surface area contributed by atoms with Crippen LogP contribution in [0.5, 0.6) is 0 Å². The molecular formula is C15H16ClN3O2S. The molecular weight excluding hydrogens is 322 g/mol. The molecule has 2 aromatic rings. The Morgan fingerprint density at radius 3 is 2.68 bits per heavy atom. The second-order valence-corrected chi connectivity index (χ2v) is 6.37. The van der Waals surface area contributed by atoms with Crippen molar-refractivity contribution in [3.05, 3.63) is 51.4 Å². The number of nitrogens with one attached hydrogen (secondary N) is 2. The monoisotopic (exact) mass is 337 g/mol. The van der Waals surface area contributed by atoms with Crippen LogP contribution in [0.2, 0.25) is 5.02 Å². The summed E-state index contributed by atoms with van der Waals surface area (Å²) in [6, 6.07) is 8.34. The number of halogens is 1. The van der Waals surface area contributed by atoms with Gasteiger partial charge in [-0.05, 0) is 30.2 Å². The normalized spacial score (nSPS) is 10.7. The van der Waals surface area contributed by atoms with Crippen molar-refractivity contribution >= 4 is 35.0 Å². The fraction of sp³-hybridized carbons (Fsp3) is 0.267. The Hall–Kier alpha value is -1.79. The number of thioether (sulfide) groups is 1. The summed E-state index contributed by atoms with van der Waals surface area (Å²) in [7, 11) is 0. The number of carbonyl (C=O) groups excluding carboxylic acids is 1. The van der Waals surface area contributed by atoms with Crippen LogP contribution in [-0.4, -0.2) is 21.6 Å². The molecule has 1 aromatic heterocycles. The van der Waals surface area contributed by atoms with Crippen molar-refractivity contribution in [2.24, 2.45) is 0 Å². The van der Waals surface area contributed by atoms with E-state index in [1.54, 1.807) is 24.3 Å². The summed E-state index contributed by atoms with van der Waals surface area (Å²) < 4.78 is 0. The minimum atomic E-state index is -0.209. The topological polar surface area (TPSA) is 74.8 Å². The summed E-state index contributed by atoms with van der Waals surface area (Å²) in [5.41, 5.74) is 1.18. The number of hydrogen-bond donors (Lipinski definition) is 2. The summed E-state index contributed by atoms with van der Waals surface area (Å²) >= 11 is 6.98. The van der Waals surface area contributed by atoms with E-state index in [0.717, 1.165) is 0 Å². The predicted octanol–water partition coefficient (Wildman–Crippen LogP) is 3.28. The Bertz CT molecular complexity index is 713. The highest BCUT2D eigenvalue weighted by molar-refractivity contribution is 7.99. The molecule has 0 aliphatic heterocycles. The highest BCUT2D eigenvalue weighted by Crippen LogP contribution is 2.17. The molecule has 0 radical (unpaired) electrons. The van der Waals surface area contributed by atoms with Gasteiger partial charge in [-0.3, -0.25) is 9.59 Å². The van der Waals surface area contributed by atoms with Crippen molar-refractivity contribution in [1.29, 1.82) is 0 Å². The fourth-order valence-electron chi connectivity index (χ4n) is 1.68. The van der Waals surface area contributed by atoms with Crippen LogP contribution >= 0.6 is 23.4 Å². The number of amides is 1. The van der Waals surface area contributed by atoms with E-state index in [1.165, 1.54) is 17.8 Å². The highest BCUT2D eigenvalue weighted by atomic mass is 35.5. The maximum Gasteiger partial charge on any atom is 0.251 e. The summed E-state index contributed by atoms with van der Waals surface area (Å²) in [5.74, 6) is 0.141. The third-order valence-corrected chi connectivity index (χ3v) is 3.92. The van der Waals surface area contributed by atoms with Crippen molar-refractivity contribution in [2.75, 3.05) is 11.1 Å². The Morgan fingerprint density at radius 2 is 2.05 bits per heavy atom. The van der Waals surface area contributed by atoms with Crippen LogP contribution < -0.4 is 10.9 Å². The van der Waals surface area contributed by atoms with Crippen molar-refractivity contribution < 1.29 is 4.79 Å². The number of anilines is 1. The molecule has 2 N–H and O–H groups in total. The molecule has 0 atom stereocenters. The SMILES string of the molecule is CC(C)c1cc(=O)[nH]c(SCC(=O)Nc2ccc(Cl)cc2)n1. The second-order valence-electron chi connectivity index (χ2n) is 4.97. The van der Waals surface area contributed by atoms with Gasteiger partial charge in [0.05, 0.1) is 11.4 Å². The standard InChI is InChI=1S/C15H16ClN3O2S/c1-9(2)12-7-13(20)19-15(18-12)22-8-14(21)17-11-5-3-10(16)4-6-11/h3-7,9H,8H2,1-2H3,(H,17,21)(H,18,19,20). The van der Waals surface area contributed by atoms with E-state index >= 15 is 0 Å². The smallest absolute Gasteiger partial charge is 0.251 e. The van der Waals surface area contributed by atoms with Gasteiger partial charge in [0.1, 0.15) is 0 Å². The third kappa shape index (κ3) is 4.89. The second kappa shape index (κ2) is 7.47. The van der Waals surface area contributed by atoms with Crippen LogP contribution in [0.1, 0.15) is 25.5 Å². The van der Waals surface area contributed by atoms with Gasteiger partial charge in [0.2, 0.25) is 5.91 Å². The van der Waals surface area contributed by atoms with Gasteiger partial charge in [0.25, 0.3) is 5.56 Å². The molecule has 0 aliphatic rings. The predicted molar refractivity (Wildman–Crippen MR) is 89.8 cm³/mol. The first-order chi connectivity index (χ1) is 10.4. The molecule has 22 heavy (non-hydrogen) atoms. The van der Waals surface area contributed by atoms with Gasteiger partial charge < -0.3 is 10.3 Å². The fourth-order valence-corrected chi connectivity index (χ4v) is 2.49. The summed E-state index contributed by atoms with van der Waals surface area (Å²) in [6.07, 6.45) is 0. The number of benzene rings is 1. The van der Waals surface area contributed by atoms with Gasteiger partial charge in [0.15, 0.2) is 5.16 Å². The molecule has 5 nitrogen and oxygen atoms in total. The van der Waals surface area contributed by atoms with Gasteiger partial charge in [0, 0.05) is 16.8 Å². The first-order valence-corrected chi connectivity index (χ1v) is 8.10. The van der Waals surface area contributed by atoms with E-state index < -0.39 is 0 Å². The number of nitrogens with zero attached hydrogens (tertiary/aromatic N) is 1. The summed E-state index contributed by atoms with van der Waals surface area (Å²) in [6.45, 7) is 3.92. The average Bonchev–Trinajstić information content (AvgIpc) is 2.47. The van der Waals surface area contributed by atoms with Gasteiger partial charge in [-0.1, -0.05) is 37.2 Å². The molecule has 0 saturated heterocycles. The Labute approximate surface area is 137 Å². The van der Waals surface area contributed by atoms with Crippen molar-refractivity contribution in [3.8, 4) is 0 Å². The van der Waals surface area contributed by atoms with Gasteiger partial charge in [-0.2, -0.15) is 0 Å².